The smallest absolute Gasteiger partial charge is 0.303 e. The van der Waals surface area contributed by atoms with Gasteiger partial charge in [0.15, 0.2) is 0 Å². The first-order chi connectivity index (χ1) is 9.08. The highest BCUT2D eigenvalue weighted by molar-refractivity contribution is 5.67. The van der Waals surface area contributed by atoms with Gasteiger partial charge < -0.3 is 15.4 Å². The summed E-state index contributed by atoms with van der Waals surface area (Å²) in [7, 11) is 0. The number of anilines is 1. The van der Waals surface area contributed by atoms with Gasteiger partial charge in [-0.1, -0.05) is 13.3 Å². The van der Waals surface area contributed by atoms with Crippen LogP contribution in [0.5, 0.6) is 0 Å². The summed E-state index contributed by atoms with van der Waals surface area (Å²) in [6.07, 6.45) is 3.05. The number of aliphatic carboxylic acids is 1. The molecule has 6 nitrogen and oxygen atoms in total. The minimum atomic E-state index is -0.800. The number of carbonyl (C=O) groups is 1. The molecule has 1 heterocycles. The number of nitrogens with one attached hydrogen (secondary N) is 2. The number of hydrogen-bond acceptors (Lipinski definition) is 4. The second-order valence-corrected chi connectivity index (χ2v) is 5.04. The van der Waals surface area contributed by atoms with E-state index in [0.29, 0.717) is 18.3 Å². The summed E-state index contributed by atoms with van der Waals surface area (Å²) in [5, 5.41) is 11.9. The van der Waals surface area contributed by atoms with Crippen LogP contribution in [0.2, 0.25) is 0 Å². The number of H-pyrrole nitrogens is 1. The molecule has 0 aromatic carbocycles. The summed E-state index contributed by atoms with van der Waals surface area (Å²) in [4.78, 5) is 29.3. The van der Waals surface area contributed by atoms with Gasteiger partial charge in [0.05, 0.1) is 0 Å². The Morgan fingerprint density at radius 2 is 2.37 bits per heavy atom. The van der Waals surface area contributed by atoms with Crippen LogP contribution in [0.3, 0.4) is 0 Å². The maximum absolute atomic E-state index is 11.5. The lowest BCUT2D eigenvalue weighted by Crippen LogP contribution is -2.20. The van der Waals surface area contributed by atoms with Crippen LogP contribution in [-0.2, 0) is 4.79 Å². The van der Waals surface area contributed by atoms with Gasteiger partial charge in [-0.3, -0.25) is 9.59 Å². The number of nitrogens with zero attached hydrogens (tertiary/aromatic N) is 1. The molecular weight excluding hydrogens is 246 g/mol. The first kappa shape index (κ1) is 13.6. The standard InChI is InChI=1S/C13H19N3O3/c1-2-8(5-12(18)19)7-14-10-6-11(17)16-13(15-10)9-3-4-9/h6,8-9H,2-5,7H2,1H3,(H,18,19)(H2,14,15,16,17). The number of carboxylic acid groups (broad SMARTS) is 1. The minimum absolute atomic E-state index is 0.0444. The average molecular weight is 265 g/mol. The molecule has 1 fully saturated rings. The highest BCUT2D eigenvalue weighted by Gasteiger charge is 2.26. The molecule has 0 spiro atoms. The van der Waals surface area contributed by atoms with E-state index in [9.17, 15) is 9.59 Å². The van der Waals surface area contributed by atoms with Gasteiger partial charge in [-0.2, -0.15) is 0 Å². The first-order valence-corrected chi connectivity index (χ1v) is 6.65. The molecule has 1 aromatic heterocycles. The molecule has 104 valence electrons. The van der Waals surface area contributed by atoms with Crippen LogP contribution < -0.4 is 10.9 Å². The summed E-state index contributed by atoms with van der Waals surface area (Å²) in [6, 6.07) is 1.42. The van der Waals surface area contributed by atoms with E-state index in [1.807, 2.05) is 6.92 Å². The van der Waals surface area contributed by atoms with Crippen molar-refractivity contribution in [1.82, 2.24) is 9.97 Å². The van der Waals surface area contributed by atoms with Crippen LogP contribution in [0.4, 0.5) is 5.82 Å². The predicted molar refractivity (Wildman–Crippen MR) is 71.4 cm³/mol. The highest BCUT2D eigenvalue weighted by atomic mass is 16.4. The Balaban J connectivity index is 1.98. The molecule has 1 aromatic rings. The van der Waals surface area contributed by atoms with Gasteiger partial charge in [0.25, 0.3) is 5.56 Å². The lowest BCUT2D eigenvalue weighted by atomic mass is 10.0. The van der Waals surface area contributed by atoms with Crippen LogP contribution in [0.15, 0.2) is 10.9 Å². The topological polar surface area (TPSA) is 95.1 Å². The van der Waals surface area contributed by atoms with Gasteiger partial charge in [0.1, 0.15) is 11.6 Å². The SMILES string of the molecule is CCC(CNc1cc(=O)[nH]c(C2CC2)n1)CC(=O)O. The number of aromatic nitrogens is 2. The third kappa shape index (κ3) is 4.08. The molecule has 1 saturated carbocycles. The molecule has 2 rings (SSSR count). The monoisotopic (exact) mass is 265 g/mol. The third-order valence-electron chi connectivity index (χ3n) is 3.34. The van der Waals surface area contributed by atoms with Crippen LogP contribution in [-0.4, -0.2) is 27.6 Å². The van der Waals surface area contributed by atoms with E-state index in [-0.39, 0.29) is 17.9 Å². The zero-order valence-electron chi connectivity index (χ0n) is 11.0. The molecule has 19 heavy (non-hydrogen) atoms. The Hall–Kier alpha value is -1.85. The van der Waals surface area contributed by atoms with Crippen molar-refractivity contribution in [3.05, 3.63) is 22.2 Å². The number of carboxylic acids is 1. The fraction of sp³-hybridized carbons (Fsp3) is 0.615. The first-order valence-electron chi connectivity index (χ1n) is 6.65. The van der Waals surface area contributed by atoms with E-state index in [1.165, 1.54) is 6.07 Å². The van der Waals surface area contributed by atoms with E-state index in [1.54, 1.807) is 0 Å². The Labute approximate surface area is 111 Å². The summed E-state index contributed by atoms with van der Waals surface area (Å²) < 4.78 is 0. The summed E-state index contributed by atoms with van der Waals surface area (Å²) in [5.74, 6) is 0.903. The van der Waals surface area contributed by atoms with Crippen LogP contribution >= 0.6 is 0 Å². The minimum Gasteiger partial charge on any atom is -0.481 e. The number of aromatic amines is 1. The lowest BCUT2D eigenvalue weighted by molar-refractivity contribution is -0.138. The molecule has 6 heteroatoms. The molecule has 0 aliphatic heterocycles. The van der Waals surface area contributed by atoms with E-state index < -0.39 is 5.97 Å². The van der Waals surface area contributed by atoms with E-state index in [0.717, 1.165) is 25.1 Å². The predicted octanol–water partition coefficient (Wildman–Crippen LogP) is 1.56. The summed E-state index contributed by atoms with van der Waals surface area (Å²) in [6.45, 7) is 2.47. The summed E-state index contributed by atoms with van der Waals surface area (Å²) in [5.41, 5.74) is -0.161. The van der Waals surface area contributed by atoms with E-state index in [2.05, 4.69) is 15.3 Å². The zero-order chi connectivity index (χ0) is 13.8. The fourth-order valence-corrected chi connectivity index (χ4v) is 1.97. The van der Waals surface area contributed by atoms with Crippen molar-refractivity contribution in [3.8, 4) is 0 Å². The maximum atomic E-state index is 11.5. The van der Waals surface area contributed by atoms with E-state index >= 15 is 0 Å². The Morgan fingerprint density at radius 3 is 2.95 bits per heavy atom. The van der Waals surface area contributed by atoms with Crippen LogP contribution in [0, 0.1) is 5.92 Å². The Morgan fingerprint density at radius 1 is 1.63 bits per heavy atom. The Kier molecular flexibility index (Phi) is 4.19. The summed E-state index contributed by atoms with van der Waals surface area (Å²) >= 11 is 0. The van der Waals surface area contributed by atoms with Crippen LogP contribution in [0.1, 0.15) is 44.3 Å². The zero-order valence-corrected chi connectivity index (χ0v) is 11.0. The molecule has 0 radical (unpaired) electrons. The van der Waals surface area contributed by atoms with Gasteiger partial charge in [-0.05, 0) is 18.8 Å². The van der Waals surface area contributed by atoms with Gasteiger partial charge in [0.2, 0.25) is 0 Å². The van der Waals surface area contributed by atoms with Crippen molar-refractivity contribution in [2.75, 3.05) is 11.9 Å². The molecule has 1 aliphatic rings. The Bertz CT molecular complexity index is 508. The van der Waals surface area contributed by atoms with Crippen molar-refractivity contribution in [3.63, 3.8) is 0 Å². The quantitative estimate of drug-likeness (QED) is 0.695. The molecule has 0 amide bonds. The van der Waals surface area contributed by atoms with Crippen molar-refractivity contribution in [2.24, 2.45) is 5.92 Å². The van der Waals surface area contributed by atoms with Gasteiger partial charge in [-0.25, -0.2) is 4.98 Å². The largest absolute Gasteiger partial charge is 0.481 e. The molecule has 0 saturated heterocycles. The highest BCUT2D eigenvalue weighted by Crippen LogP contribution is 2.37. The molecule has 3 N–H and O–H groups in total. The average Bonchev–Trinajstić information content (AvgIpc) is 3.17. The number of hydrogen-bond donors (Lipinski definition) is 3. The van der Waals surface area contributed by atoms with Crippen molar-refractivity contribution in [1.29, 1.82) is 0 Å². The molecular formula is C13H19N3O3. The maximum Gasteiger partial charge on any atom is 0.303 e. The van der Waals surface area contributed by atoms with Crippen LogP contribution in [0.25, 0.3) is 0 Å². The fourth-order valence-electron chi connectivity index (χ4n) is 1.97. The molecule has 0 bridgehead atoms. The molecule has 1 aliphatic carbocycles. The second-order valence-electron chi connectivity index (χ2n) is 5.04. The van der Waals surface area contributed by atoms with Gasteiger partial charge in [0, 0.05) is 24.9 Å². The lowest BCUT2D eigenvalue weighted by Gasteiger charge is -2.14. The van der Waals surface area contributed by atoms with Crippen molar-refractivity contribution < 1.29 is 9.90 Å². The van der Waals surface area contributed by atoms with Crippen molar-refractivity contribution in [2.45, 2.75) is 38.5 Å². The molecule has 1 atom stereocenters. The normalized spacial score (nSPS) is 16.1. The van der Waals surface area contributed by atoms with Crippen molar-refractivity contribution >= 4 is 11.8 Å². The van der Waals surface area contributed by atoms with Gasteiger partial charge >= 0.3 is 5.97 Å². The second kappa shape index (κ2) is 5.86. The molecule has 1 unspecified atom stereocenters. The van der Waals surface area contributed by atoms with E-state index in [4.69, 9.17) is 5.11 Å². The number of rotatable bonds is 7. The van der Waals surface area contributed by atoms with Gasteiger partial charge in [-0.15, -0.1) is 0 Å². The third-order valence-corrected chi connectivity index (χ3v) is 3.34.